The van der Waals surface area contributed by atoms with Crippen LogP contribution in [0.4, 0.5) is 5.82 Å². The number of aromatic nitrogens is 1. The van der Waals surface area contributed by atoms with Crippen LogP contribution in [0.25, 0.3) is 0 Å². The Hall–Kier alpha value is -2.40. The number of hydrogen-bond acceptors (Lipinski definition) is 5. The average Bonchev–Trinajstić information content (AvgIpc) is 2.66. The van der Waals surface area contributed by atoms with Crippen molar-refractivity contribution in [3.63, 3.8) is 0 Å². The van der Waals surface area contributed by atoms with Gasteiger partial charge in [-0.1, -0.05) is 51.8 Å². The van der Waals surface area contributed by atoms with Gasteiger partial charge in [0.15, 0.2) is 0 Å². The van der Waals surface area contributed by atoms with E-state index in [1.807, 2.05) is 40.9 Å². The van der Waals surface area contributed by atoms with Crippen LogP contribution in [-0.2, 0) is 24.2 Å². The molecular weight excluding hydrogens is 386 g/mol. The second kappa shape index (κ2) is 11.8. The van der Waals surface area contributed by atoms with Crippen LogP contribution in [0.1, 0.15) is 74.4 Å². The highest BCUT2D eigenvalue weighted by Gasteiger charge is 2.15. The Morgan fingerprint density at radius 1 is 1.13 bits per heavy atom. The second-order valence-electron chi connectivity index (χ2n) is 9.16. The first-order chi connectivity index (χ1) is 14.7. The highest BCUT2D eigenvalue weighted by Crippen LogP contribution is 2.27. The first-order valence-electron chi connectivity index (χ1n) is 11.4. The number of esters is 1. The Morgan fingerprint density at radius 3 is 2.52 bits per heavy atom. The quantitative estimate of drug-likeness (QED) is 0.300. The van der Waals surface area contributed by atoms with Gasteiger partial charge in [0.05, 0.1) is 0 Å². The summed E-state index contributed by atoms with van der Waals surface area (Å²) in [4.78, 5) is 19.1. The SMILES string of the molecule is CCCCCc1cc(Cc2ccc(CN(C)C)cc2OC(=O)CC(C)C)c(C)nc1N. The maximum absolute atomic E-state index is 12.4. The molecule has 0 saturated carbocycles. The smallest absolute Gasteiger partial charge is 0.311 e. The van der Waals surface area contributed by atoms with E-state index in [4.69, 9.17) is 10.5 Å². The number of pyridine rings is 1. The maximum atomic E-state index is 12.4. The first kappa shape index (κ1) is 24.9. The lowest BCUT2D eigenvalue weighted by molar-refractivity contribution is -0.135. The van der Waals surface area contributed by atoms with E-state index in [9.17, 15) is 4.79 Å². The number of nitrogens with zero attached hydrogens (tertiary/aromatic N) is 2. The van der Waals surface area contributed by atoms with Crippen molar-refractivity contribution in [2.24, 2.45) is 5.92 Å². The van der Waals surface area contributed by atoms with Crippen molar-refractivity contribution in [3.05, 3.63) is 52.2 Å². The first-order valence-corrected chi connectivity index (χ1v) is 11.4. The molecule has 0 unspecified atom stereocenters. The van der Waals surface area contributed by atoms with Gasteiger partial charge in [-0.3, -0.25) is 4.79 Å². The average molecular weight is 426 g/mol. The third kappa shape index (κ3) is 7.98. The maximum Gasteiger partial charge on any atom is 0.311 e. The summed E-state index contributed by atoms with van der Waals surface area (Å²) in [5, 5.41) is 0. The number of hydrogen-bond donors (Lipinski definition) is 1. The Morgan fingerprint density at radius 2 is 1.87 bits per heavy atom. The molecule has 0 aliphatic heterocycles. The lowest BCUT2D eigenvalue weighted by Crippen LogP contribution is -2.14. The number of ether oxygens (including phenoxy) is 1. The molecule has 2 N–H and O–H groups in total. The van der Waals surface area contributed by atoms with E-state index in [2.05, 4.69) is 35.0 Å². The Bertz CT molecular complexity index is 875. The molecule has 0 saturated heterocycles. The van der Waals surface area contributed by atoms with Gasteiger partial charge in [-0.25, -0.2) is 4.98 Å². The lowest BCUT2D eigenvalue weighted by Gasteiger charge is -2.16. The molecule has 0 radical (unpaired) electrons. The molecular formula is C26H39N3O2. The van der Waals surface area contributed by atoms with E-state index in [0.29, 0.717) is 24.4 Å². The largest absolute Gasteiger partial charge is 0.426 e. The summed E-state index contributed by atoms with van der Waals surface area (Å²) >= 11 is 0. The molecule has 0 amide bonds. The van der Waals surface area contributed by atoms with Crippen molar-refractivity contribution in [2.45, 2.75) is 72.8 Å². The number of rotatable bonds is 11. The van der Waals surface area contributed by atoms with E-state index in [1.54, 1.807) is 0 Å². The van der Waals surface area contributed by atoms with Crippen LogP contribution in [0.2, 0.25) is 0 Å². The van der Waals surface area contributed by atoms with E-state index in [-0.39, 0.29) is 11.9 Å². The van der Waals surface area contributed by atoms with E-state index in [0.717, 1.165) is 47.3 Å². The molecule has 0 aliphatic carbocycles. The third-order valence-electron chi connectivity index (χ3n) is 5.29. The van der Waals surface area contributed by atoms with Crippen molar-refractivity contribution in [1.29, 1.82) is 0 Å². The fourth-order valence-corrected chi connectivity index (χ4v) is 3.66. The van der Waals surface area contributed by atoms with Gasteiger partial charge < -0.3 is 15.4 Å². The fourth-order valence-electron chi connectivity index (χ4n) is 3.66. The van der Waals surface area contributed by atoms with Crippen LogP contribution < -0.4 is 10.5 Å². The zero-order valence-corrected chi connectivity index (χ0v) is 20.1. The predicted molar refractivity (Wildman–Crippen MR) is 128 cm³/mol. The summed E-state index contributed by atoms with van der Waals surface area (Å²) in [5.41, 5.74) is 11.5. The second-order valence-corrected chi connectivity index (χ2v) is 9.16. The highest BCUT2D eigenvalue weighted by atomic mass is 16.5. The molecule has 0 spiro atoms. The van der Waals surface area contributed by atoms with E-state index >= 15 is 0 Å². The Kier molecular flexibility index (Phi) is 9.50. The molecule has 0 fully saturated rings. The van der Waals surface area contributed by atoms with Gasteiger partial charge in [0.2, 0.25) is 0 Å². The minimum Gasteiger partial charge on any atom is -0.426 e. The minimum absolute atomic E-state index is 0.189. The lowest BCUT2D eigenvalue weighted by atomic mass is 9.98. The van der Waals surface area contributed by atoms with Crippen LogP contribution in [0.5, 0.6) is 5.75 Å². The summed E-state index contributed by atoms with van der Waals surface area (Å²) in [6, 6.07) is 8.36. The summed E-state index contributed by atoms with van der Waals surface area (Å²) < 4.78 is 5.82. The molecule has 5 heteroatoms. The van der Waals surface area contributed by atoms with E-state index in [1.165, 1.54) is 12.8 Å². The monoisotopic (exact) mass is 425 g/mol. The molecule has 1 aromatic carbocycles. The third-order valence-corrected chi connectivity index (χ3v) is 5.29. The number of anilines is 1. The van der Waals surface area contributed by atoms with Gasteiger partial charge in [-0.2, -0.15) is 0 Å². The molecule has 170 valence electrons. The van der Waals surface area contributed by atoms with Crippen molar-refractivity contribution in [1.82, 2.24) is 9.88 Å². The van der Waals surface area contributed by atoms with Gasteiger partial charge in [0, 0.05) is 25.1 Å². The van der Waals surface area contributed by atoms with Crippen LogP contribution in [-0.4, -0.2) is 29.9 Å². The standard InChI is InChI=1S/C26H39N3O2/c1-7-8-9-10-22-16-23(19(4)28-26(22)27)15-21-12-11-20(17-29(5)6)14-24(21)31-25(30)13-18(2)3/h11-12,14,16,18H,7-10,13,15,17H2,1-6H3,(H2,27,28). The molecule has 0 bridgehead atoms. The van der Waals surface area contributed by atoms with Gasteiger partial charge in [0.1, 0.15) is 11.6 Å². The summed E-state index contributed by atoms with van der Waals surface area (Å²) in [6.45, 7) is 9.03. The topological polar surface area (TPSA) is 68.5 Å². The normalized spacial score (nSPS) is 11.4. The summed E-state index contributed by atoms with van der Waals surface area (Å²) in [6.07, 6.45) is 5.48. The molecule has 2 rings (SSSR count). The summed E-state index contributed by atoms with van der Waals surface area (Å²) in [7, 11) is 4.06. The van der Waals surface area contributed by atoms with Crippen LogP contribution in [0.15, 0.2) is 24.3 Å². The number of carbonyl (C=O) groups is 1. The predicted octanol–water partition coefficient (Wildman–Crippen LogP) is 5.31. The fraction of sp³-hybridized carbons (Fsp3) is 0.538. The molecule has 0 aliphatic rings. The van der Waals surface area contributed by atoms with Crippen molar-refractivity contribution in [2.75, 3.05) is 19.8 Å². The zero-order valence-electron chi connectivity index (χ0n) is 20.1. The highest BCUT2D eigenvalue weighted by molar-refractivity contribution is 5.73. The number of carbonyl (C=O) groups excluding carboxylic acids is 1. The minimum atomic E-state index is -0.189. The van der Waals surface area contributed by atoms with Crippen molar-refractivity contribution in [3.8, 4) is 5.75 Å². The van der Waals surface area contributed by atoms with Gasteiger partial charge >= 0.3 is 5.97 Å². The number of nitrogen functional groups attached to an aromatic ring is 1. The van der Waals surface area contributed by atoms with Crippen LogP contribution >= 0.6 is 0 Å². The van der Waals surface area contributed by atoms with Gasteiger partial charge in [-0.05, 0) is 68.1 Å². The molecule has 5 nitrogen and oxygen atoms in total. The Balaban J connectivity index is 2.33. The number of aryl methyl sites for hydroxylation is 2. The van der Waals surface area contributed by atoms with Crippen LogP contribution in [0.3, 0.4) is 0 Å². The molecule has 0 atom stereocenters. The Labute approximate surface area is 188 Å². The van der Waals surface area contributed by atoms with Crippen molar-refractivity contribution < 1.29 is 9.53 Å². The van der Waals surface area contributed by atoms with Crippen molar-refractivity contribution >= 4 is 11.8 Å². The number of benzene rings is 1. The summed E-state index contributed by atoms with van der Waals surface area (Å²) in [5.74, 6) is 1.34. The van der Waals surface area contributed by atoms with Gasteiger partial charge in [0.25, 0.3) is 0 Å². The number of nitrogens with two attached hydrogens (primary N) is 1. The molecule has 31 heavy (non-hydrogen) atoms. The van der Waals surface area contributed by atoms with Crippen LogP contribution in [0, 0.1) is 12.8 Å². The zero-order chi connectivity index (χ0) is 23.0. The van der Waals surface area contributed by atoms with E-state index < -0.39 is 0 Å². The molecule has 1 heterocycles. The molecule has 1 aromatic heterocycles. The number of unbranched alkanes of at least 4 members (excludes halogenated alkanes) is 2. The van der Waals surface area contributed by atoms with Gasteiger partial charge in [-0.15, -0.1) is 0 Å². The molecule has 2 aromatic rings.